The predicted octanol–water partition coefficient (Wildman–Crippen LogP) is 0.654. The van der Waals surface area contributed by atoms with E-state index in [1.54, 1.807) is 19.1 Å². The van der Waals surface area contributed by atoms with Crippen molar-refractivity contribution in [1.29, 1.82) is 0 Å². The molecule has 0 radical (unpaired) electrons. The smallest absolute Gasteiger partial charge is 0.255 e. The van der Waals surface area contributed by atoms with E-state index in [1.807, 2.05) is 6.07 Å². The normalized spacial score (nSPS) is 15.5. The van der Waals surface area contributed by atoms with E-state index in [-0.39, 0.29) is 11.7 Å². The summed E-state index contributed by atoms with van der Waals surface area (Å²) in [5.41, 5.74) is 1.19. The number of hydrogen-bond acceptors (Lipinski definition) is 5. The van der Waals surface area contributed by atoms with Gasteiger partial charge in [0.1, 0.15) is 16.4 Å². The van der Waals surface area contributed by atoms with E-state index in [2.05, 4.69) is 10.6 Å². The van der Waals surface area contributed by atoms with Crippen molar-refractivity contribution >= 4 is 21.4 Å². The van der Waals surface area contributed by atoms with E-state index in [9.17, 15) is 13.2 Å². The Labute approximate surface area is 118 Å². The van der Waals surface area contributed by atoms with Crippen LogP contribution in [0.1, 0.15) is 17.3 Å². The summed E-state index contributed by atoms with van der Waals surface area (Å²) < 4.78 is 27.9. The molecule has 1 atom stereocenters. The number of rotatable bonds is 4. The second-order valence-corrected chi connectivity index (χ2v) is 7.11. The minimum Gasteiger partial charge on any atom is -0.489 e. The molecule has 2 N–H and O–H groups in total. The van der Waals surface area contributed by atoms with Gasteiger partial charge >= 0.3 is 0 Å². The van der Waals surface area contributed by atoms with Crippen molar-refractivity contribution in [3.05, 3.63) is 23.8 Å². The van der Waals surface area contributed by atoms with E-state index in [1.165, 1.54) is 0 Å². The average Bonchev–Trinajstić information content (AvgIpc) is 2.35. The van der Waals surface area contributed by atoms with Crippen LogP contribution in [-0.4, -0.2) is 45.5 Å². The zero-order valence-corrected chi connectivity index (χ0v) is 12.3. The molecule has 1 heterocycles. The lowest BCUT2D eigenvalue weighted by molar-refractivity contribution is 0.0939. The van der Waals surface area contributed by atoms with Crippen LogP contribution < -0.4 is 15.4 Å². The molecule has 1 aliphatic rings. The first-order chi connectivity index (χ1) is 9.37. The SMILES string of the molecule is CC(CS(C)(=O)=O)NC(=O)c1cccc2c1OCCN2. The third-order valence-corrected chi connectivity index (χ3v) is 3.96. The molecule has 1 amide bonds. The fourth-order valence-corrected chi connectivity index (χ4v) is 3.14. The van der Waals surface area contributed by atoms with Gasteiger partial charge < -0.3 is 15.4 Å². The summed E-state index contributed by atoms with van der Waals surface area (Å²) in [4.78, 5) is 12.2. The molecule has 0 bridgehead atoms. The maximum Gasteiger partial charge on any atom is 0.255 e. The Kier molecular flexibility index (Phi) is 4.17. The van der Waals surface area contributed by atoms with Gasteiger partial charge in [0.25, 0.3) is 5.91 Å². The van der Waals surface area contributed by atoms with Crippen molar-refractivity contribution in [2.75, 3.05) is 30.5 Å². The Balaban J connectivity index is 2.14. The van der Waals surface area contributed by atoms with Crippen LogP contribution in [0.3, 0.4) is 0 Å². The van der Waals surface area contributed by atoms with Crippen molar-refractivity contribution in [3.8, 4) is 5.75 Å². The maximum atomic E-state index is 12.2. The molecule has 1 unspecified atom stereocenters. The van der Waals surface area contributed by atoms with Crippen LogP contribution in [0.4, 0.5) is 5.69 Å². The summed E-state index contributed by atoms with van der Waals surface area (Å²) in [7, 11) is -3.13. The Hall–Kier alpha value is -1.76. The topological polar surface area (TPSA) is 84.5 Å². The third kappa shape index (κ3) is 3.63. The standard InChI is InChI=1S/C13H18N2O4S/c1-9(8-20(2,17)18)15-13(16)10-4-3-5-11-12(10)19-7-6-14-11/h3-5,9,14H,6-8H2,1-2H3,(H,15,16). The fraction of sp³-hybridized carbons (Fsp3) is 0.462. The second-order valence-electron chi connectivity index (χ2n) is 4.92. The monoisotopic (exact) mass is 298 g/mol. The number of ether oxygens (including phenoxy) is 1. The number of fused-ring (bicyclic) bond motifs is 1. The highest BCUT2D eigenvalue weighted by Crippen LogP contribution is 2.31. The van der Waals surface area contributed by atoms with Gasteiger partial charge in [0.2, 0.25) is 0 Å². The van der Waals surface area contributed by atoms with Crippen molar-refractivity contribution in [3.63, 3.8) is 0 Å². The van der Waals surface area contributed by atoms with Crippen LogP contribution in [0.15, 0.2) is 18.2 Å². The van der Waals surface area contributed by atoms with E-state index in [0.29, 0.717) is 24.5 Å². The Morgan fingerprint density at radius 2 is 2.25 bits per heavy atom. The number of carbonyl (C=O) groups excluding carboxylic acids is 1. The molecule has 0 aromatic heterocycles. The lowest BCUT2D eigenvalue weighted by atomic mass is 10.1. The zero-order valence-electron chi connectivity index (χ0n) is 11.5. The highest BCUT2D eigenvalue weighted by atomic mass is 32.2. The first-order valence-corrected chi connectivity index (χ1v) is 8.41. The van der Waals surface area contributed by atoms with E-state index in [4.69, 9.17) is 4.74 Å². The summed E-state index contributed by atoms with van der Waals surface area (Å²) in [6.07, 6.45) is 1.15. The number of hydrogen-bond donors (Lipinski definition) is 2. The summed E-state index contributed by atoms with van der Waals surface area (Å²) >= 11 is 0. The molecule has 0 fully saturated rings. The molecule has 0 saturated heterocycles. The van der Waals surface area contributed by atoms with Crippen LogP contribution >= 0.6 is 0 Å². The molecule has 6 nitrogen and oxygen atoms in total. The minimum absolute atomic E-state index is 0.0904. The van der Waals surface area contributed by atoms with Gasteiger partial charge in [-0.15, -0.1) is 0 Å². The second kappa shape index (κ2) is 5.70. The van der Waals surface area contributed by atoms with Crippen molar-refractivity contribution in [1.82, 2.24) is 5.32 Å². The molecule has 20 heavy (non-hydrogen) atoms. The number of carbonyl (C=O) groups is 1. The number of sulfone groups is 1. The predicted molar refractivity (Wildman–Crippen MR) is 77.1 cm³/mol. The summed E-state index contributed by atoms with van der Waals surface area (Å²) in [5, 5.41) is 5.83. The molecule has 1 aliphatic heterocycles. The highest BCUT2D eigenvalue weighted by Gasteiger charge is 2.21. The van der Waals surface area contributed by atoms with Gasteiger partial charge in [-0.25, -0.2) is 8.42 Å². The van der Waals surface area contributed by atoms with E-state index in [0.717, 1.165) is 11.9 Å². The first-order valence-electron chi connectivity index (χ1n) is 6.35. The summed E-state index contributed by atoms with van der Waals surface area (Å²) in [5.74, 6) is 0.0943. The number of amides is 1. The van der Waals surface area contributed by atoms with Crippen molar-refractivity contribution in [2.45, 2.75) is 13.0 Å². The Morgan fingerprint density at radius 3 is 2.95 bits per heavy atom. The minimum atomic E-state index is -3.13. The molecular weight excluding hydrogens is 280 g/mol. The molecule has 0 spiro atoms. The molecule has 1 aromatic carbocycles. The maximum absolute atomic E-state index is 12.2. The van der Waals surface area contributed by atoms with Gasteiger partial charge in [-0.05, 0) is 19.1 Å². The molecule has 7 heteroatoms. The van der Waals surface area contributed by atoms with Crippen LogP contribution in [-0.2, 0) is 9.84 Å². The van der Waals surface area contributed by atoms with Crippen LogP contribution in [0.5, 0.6) is 5.75 Å². The molecule has 0 aliphatic carbocycles. The first kappa shape index (κ1) is 14.6. The van der Waals surface area contributed by atoms with Gasteiger partial charge in [-0.3, -0.25) is 4.79 Å². The summed E-state index contributed by atoms with van der Waals surface area (Å²) in [6, 6.07) is 4.81. The Bertz CT molecular complexity index is 613. The summed E-state index contributed by atoms with van der Waals surface area (Å²) in [6.45, 7) is 2.85. The molecule has 0 saturated carbocycles. The number of anilines is 1. The zero-order chi connectivity index (χ0) is 14.8. The molecule has 2 rings (SSSR count). The number of para-hydroxylation sites is 1. The third-order valence-electron chi connectivity index (χ3n) is 2.85. The molecular formula is C13H18N2O4S. The lowest BCUT2D eigenvalue weighted by Crippen LogP contribution is -2.37. The van der Waals surface area contributed by atoms with Gasteiger partial charge in [-0.1, -0.05) is 6.07 Å². The van der Waals surface area contributed by atoms with E-state index >= 15 is 0 Å². The fourth-order valence-electron chi connectivity index (χ4n) is 2.15. The quantitative estimate of drug-likeness (QED) is 0.853. The van der Waals surface area contributed by atoms with Gasteiger partial charge in [-0.2, -0.15) is 0 Å². The molecule has 110 valence electrons. The highest BCUT2D eigenvalue weighted by molar-refractivity contribution is 7.90. The Morgan fingerprint density at radius 1 is 1.50 bits per heavy atom. The average molecular weight is 298 g/mol. The van der Waals surface area contributed by atoms with Gasteiger partial charge in [0.05, 0.1) is 17.0 Å². The lowest BCUT2D eigenvalue weighted by Gasteiger charge is -2.22. The largest absolute Gasteiger partial charge is 0.489 e. The van der Waals surface area contributed by atoms with Crippen molar-refractivity contribution < 1.29 is 17.9 Å². The number of benzene rings is 1. The van der Waals surface area contributed by atoms with Gasteiger partial charge in [0, 0.05) is 18.8 Å². The van der Waals surface area contributed by atoms with Crippen molar-refractivity contribution in [2.24, 2.45) is 0 Å². The van der Waals surface area contributed by atoms with Crippen LogP contribution in [0, 0.1) is 0 Å². The van der Waals surface area contributed by atoms with Crippen LogP contribution in [0.2, 0.25) is 0 Å². The number of nitrogens with one attached hydrogen (secondary N) is 2. The van der Waals surface area contributed by atoms with E-state index < -0.39 is 15.9 Å². The molecule has 1 aromatic rings. The van der Waals surface area contributed by atoms with Crippen LogP contribution in [0.25, 0.3) is 0 Å². The van der Waals surface area contributed by atoms with Gasteiger partial charge in [0.15, 0.2) is 5.75 Å².